The normalized spacial score (nSPS) is 15.1. The Morgan fingerprint density at radius 1 is 1.13 bits per heavy atom. The van der Waals surface area contributed by atoms with Crippen molar-refractivity contribution in [2.75, 3.05) is 26.9 Å². The van der Waals surface area contributed by atoms with Crippen molar-refractivity contribution in [1.82, 2.24) is 0 Å². The highest BCUT2D eigenvalue weighted by molar-refractivity contribution is 5.98. The van der Waals surface area contributed by atoms with Crippen LogP contribution in [0.5, 0.6) is 11.5 Å². The summed E-state index contributed by atoms with van der Waals surface area (Å²) in [6.45, 7) is 0.325. The number of Topliss-reactive ketones (excluding diaryl/α,β-unsaturated/α-hetero) is 1. The van der Waals surface area contributed by atoms with Gasteiger partial charge in [-0.15, -0.1) is 13.2 Å². The van der Waals surface area contributed by atoms with Crippen molar-refractivity contribution >= 4 is 17.9 Å². The molecule has 1 N–H and O–H groups in total. The number of aliphatic hydroxyl groups is 1. The topological polar surface area (TPSA) is 65.0 Å². The molecular formula is C23H23F3O5. The predicted octanol–water partition coefficient (Wildman–Crippen LogP) is 4.74. The second kappa shape index (κ2) is 9.53. The second-order valence-corrected chi connectivity index (χ2v) is 7.48. The summed E-state index contributed by atoms with van der Waals surface area (Å²) in [6, 6.07) is 10.4. The first-order valence-electron chi connectivity index (χ1n) is 9.67. The highest BCUT2D eigenvalue weighted by atomic mass is 19.4. The number of alkyl halides is 3. The second-order valence-electron chi connectivity index (χ2n) is 7.48. The lowest BCUT2D eigenvalue weighted by Crippen LogP contribution is -2.18. The van der Waals surface area contributed by atoms with Gasteiger partial charge in [0.15, 0.2) is 5.78 Å². The molecule has 0 radical (unpaired) electrons. The minimum absolute atomic E-state index is 0.0575. The molecule has 0 amide bonds. The summed E-state index contributed by atoms with van der Waals surface area (Å²) in [4.78, 5) is 12.5. The number of halogens is 3. The van der Waals surface area contributed by atoms with E-state index in [1.165, 1.54) is 31.4 Å². The van der Waals surface area contributed by atoms with E-state index in [-0.39, 0.29) is 30.2 Å². The van der Waals surface area contributed by atoms with Crippen LogP contribution in [-0.2, 0) is 4.74 Å². The molecule has 0 heterocycles. The largest absolute Gasteiger partial charge is 0.573 e. The number of hydrogen-bond donors (Lipinski definition) is 1. The minimum Gasteiger partial charge on any atom is -0.496 e. The molecule has 1 aliphatic carbocycles. The standard InChI is InChI=1S/C23H23F3O5/c1-29-21-9-6-17(20(28)13-30-15-22(14-27)10-11-22)12-18(21)5-2-16-3-7-19(8-4-16)31-23(24,25)26/h2-9,12,27H,10-11,13-15H2,1H3/b5-2+. The first-order valence-corrected chi connectivity index (χ1v) is 9.67. The summed E-state index contributed by atoms with van der Waals surface area (Å²) in [5, 5.41) is 9.31. The van der Waals surface area contributed by atoms with E-state index in [4.69, 9.17) is 9.47 Å². The third-order valence-electron chi connectivity index (χ3n) is 5.05. The van der Waals surface area contributed by atoms with Crippen LogP contribution >= 0.6 is 0 Å². The Kier molecular flexibility index (Phi) is 7.02. The van der Waals surface area contributed by atoms with E-state index in [9.17, 15) is 23.1 Å². The van der Waals surface area contributed by atoms with Gasteiger partial charge in [-0.1, -0.05) is 24.3 Å². The SMILES string of the molecule is COc1ccc(C(=O)COCC2(CO)CC2)cc1/C=C/c1ccc(OC(F)(F)F)cc1. The predicted molar refractivity (Wildman–Crippen MR) is 109 cm³/mol. The van der Waals surface area contributed by atoms with Crippen LogP contribution in [-0.4, -0.2) is 44.2 Å². The van der Waals surface area contributed by atoms with E-state index in [1.807, 2.05) is 0 Å². The molecule has 166 valence electrons. The van der Waals surface area contributed by atoms with Crippen LogP contribution in [0.4, 0.5) is 13.2 Å². The van der Waals surface area contributed by atoms with Crippen molar-refractivity contribution in [3.05, 3.63) is 59.2 Å². The Morgan fingerprint density at radius 2 is 1.84 bits per heavy atom. The van der Waals surface area contributed by atoms with Gasteiger partial charge in [-0.2, -0.15) is 0 Å². The van der Waals surface area contributed by atoms with Crippen molar-refractivity contribution < 1.29 is 37.3 Å². The third kappa shape index (κ3) is 6.57. The summed E-state index contributed by atoms with van der Waals surface area (Å²) >= 11 is 0. The number of ether oxygens (including phenoxy) is 3. The Hall–Kier alpha value is -2.84. The van der Waals surface area contributed by atoms with E-state index < -0.39 is 6.36 Å². The summed E-state index contributed by atoms with van der Waals surface area (Å²) in [5.41, 5.74) is 1.55. The van der Waals surface area contributed by atoms with E-state index in [2.05, 4.69) is 4.74 Å². The lowest BCUT2D eigenvalue weighted by molar-refractivity contribution is -0.274. The van der Waals surface area contributed by atoms with Gasteiger partial charge in [-0.25, -0.2) is 0 Å². The van der Waals surface area contributed by atoms with Crippen LogP contribution in [0.3, 0.4) is 0 Å². The summed E-state index contributed by atoms with van der Waals surface area (Å²) in [5.74, 6) is 0.0478. The quantitative estimate of drug-likeness (QED) is 0.431. The molecule has 0 aliphatic heterocycles. The first kappa shape index (κ1) is 22.8. The molecule has 8 heteroatoms. The van der Waals surface area contributed by atoms with Crippen LogP contribution in [0.25, 0.3) is 12.2 Å². The smallest absolute Gasteiger partial charge is 0.496 e. The highest BCUT2D eigenvalue weighted by Crippen LogP contribution is 2.45. The van der Waals surface area contributed by atoms with Crippen LogP contribution in [0.2, 0.25) is 0 Å². The van der Waals surface area contributed by atoms with E-state index in [0.717, 1.165) is 12.8 Å². The Balaban J connectivity index is 1.66. The Bertz CT molecular complexity index is 931. The maximum atomic E-state index is 12.5. The Morgan fingerprint density at radius 3 is 2.42 bits per heavy atom. The summed E-state index contributed by atoms with van der Waals surface area (Å²) in [7, 11) is 1.50. The molecule has 5 nitrogen and oxygen atoms in total. The van der Waals surface area contributed by atoms with E-state index in [0.29, 0.717) is 29.0 Å². The molecule has 31 heavy (non-hydrogen) atoms. The maximum absolute atomic E-state index is 12.5. The maximum Gasteiger partial charge on any atom is 0.573 e. The van der Waals surface area contributed by atoms with E-state index in [1.54, 1.807) is 30.4 Å². The number of aliphatic hydroxyl groups excluding tert-OH is 1. The molecule has 0 atom stereocenters. The average molecular weight is 436 g/mol. The van der Waals surface area contributed by atoms with Crippen LogP contribution in [0.15, 0.2) is 42.5 Å². The van der Waals surface area contributed by atoms with Crippen LogP contribution in [0.1, 0.15) is 34.3 Å². The van der Waals surface area contributed by atoms with Gasteiger partial charge in [0.05, 0.1) is 20.3 Å². The number of methoxy groups -OCH3 is 1. The molecule has 3 rings (SSSR count). The summed E-state index contributed by atoms with van der Waals surface area (Å²) < 4.78 is 51.4. The monoisotopic (exact) mass is 436 g/mol. The molecule has 0 bridgehead atoms. The fourth-order valence-corrected chi connectivity index (χ4v) is 2.97. The van der Waals surface area contributed by atoms with Gasteiger partial charge in [-0.3, -0.25) is 4.79 Å². The molecule has 0 unspecified atom stereocenters. The lowest BCUT2D eigenvalue weighted by Gasteiger charge is -2.12. The zero-order valence-electron chi connectivity index (χ0n) is 16.9. The van der Waals surface area contributed by atoms with Gasteiger partial charge in [-0.05, 0) is 48.7 Å². The number of rotatable bonds is 10. The van der Waals surface area contributed by atoms with Gasteiger partial charge < -0.3 is 19.3 Å². The van der Waals surface area contributed by atoms with Gasteiger partial charge in [0.1, 0.15) is 18.1 Å². The molecule has 1 fully saturated rings. The van der Waals surface area contributed by atoms with Gasteiger partial charge in [0, 0.05) is 16.5 Å². The number of carbonyl (C=O) groups is 1. The molecule has 2 aromatic rings. The minimum atomic E-state index is -4.74. The highest BCUT2D eigenvalue weighted by Gasteiger charge is 2.42. The number of hydrogen-bond acceptors (Lipinski definition) is 5. The molecular weight excluding hydrogens is 413 g/mol. The van der Waals surface area contributed by atoms with Crippen molar-refractivity contribution in [2.24, 2.45) is 5.41 Å². The van der Waals surface area contributed by atoms with Crippen molar-refractivity contribution in [3.63, 3.8) is 0 Å². The molecule has 1 aliphatic rings. The zero-order chi connectivity index (χ0) is 22.5. The fraction of sp³-hybridized carbons (Fsp3) is 0.348. The molecule has 0 aromatic heterocycles. The van der Waals surface area contributed by atoms with Crippen LogP contribution in [0, 0.1) is 5.41 Å². The van der Waals surface area contributed by atoms with Crippen molar-refractivity contribution in [1.29, 1.82) is 0 Å². The molecule has 0 spiro atoms. The first-order chi connectivity index (χ1) is 14.7. The Labute approximate surface area is 178 Å². The fourth-order valence-electron chi connectivity index (χ4n) is 2.97. The van der Waals surface area contributed by atoms with Crippen LogP contribution < -0.4 is 9.47 Å². The van der Waals surface area contributed by atoms with Crippen molar-refractivity contribution in [3.8, 4) is 11.5 Å². The van der Waals surface area contributed by atoms with Gasteiger partial charge >= 0.3 is 6.36 Å². The summed E-state index contributed by atoms with van der Waals surface area (Å²) in [6.07, 6.45) is 0.467. The molecule has 0 saturated heterocycles. The van der Waals surface area contributed by atoms with Gasteiger partial charge in [0.2, 0.25) is 0 Å². The zero-order valence-corrected chi connectivity index (χ0v) is 16.9. The average Bonchev–Trinajstić information content (AvgIpc) is 3.52. The number of carbonyl (C=O) groups excluding carboxylic acids is 1. The molecule has 1 saturated carbocycles. The molecule has 2 aromatic carbocycles. The van der Waals surface area contributed by atoms with Gasteiger partial charge in [0.25, 0.3) is 0 Å². The third-order valence-corrected chi connectivity index (χ3v) is 5.05. The van der Waals surface area contributed by atoms with Crippen molar-refractivity contribution in [2.45, 2.75) is 19.2 Å². The lowest BCUT2D eigenvalue weighted by atomic mass is 10.0. The number of ketones is 1. The van der Waals surface area contributed by atoms with E-state index >= 15 is 0 Å². The number of benzene rings is 2.